The summed E-state index contributed by atoms with van der Waals surface area (Å²) in [5, 5.41) is 3.28. The highest BCUT2D eigenvalue weighted by molar-refractivity contribution is 5.37. The number of hydrogen-bond donors (Lipinski definition) is 1. The molecule has 0 aliphatic heterocycles. The summed E-state index contributed by atoms with van der Waals surface area (Å²) in [6.45, 7) is 3.23. The van der Waals surface area contributed by atoms with Gasteiger partial charge < -0.3 is 5.32 Å². The van der Waals surface area contributed by atoms with E-state index in [0.717, 1.165) is 17.0 Å². The second kappa shape index (κ2) is 5.85. The molecule has 3 aromatic heterocycles. The number of nitrogens with one attached hydrogen (secondary N) is 1. The Labute approximate surface area is 122 Å². The smallest absolute Gasteiger partial charge is 0.258 e. The van der Waals surface area contributed by atoms with Crippen LogP contribution in [0.2, 0.25) is 0 Å². The molecule has 0 radical (unpaired) electrons. The van der Waals surface area contributed by atoms with Gasteiger partial charge in [0.2, 0.25) is 0 Å². The van der Waals surface area contributed by atoms with Crippen molar-refractivity contribution in [3.63, 3.8) is 0 Å². The maximum absolute atomic E-state index is 12.0. The fourth-order valence-corrected chi connectivity index (χ4v) is 2.21. The summed E-state index contributed by atoms with van der Waals surface area (Å²) < 4.78 is 1.53. The average Bonchev–Trinajstić information content (AvgIpc) is 2.49. The molecule has 0 aromatic carbocycles. The molecule has 0 atom stereocenters. The Balaban J connectivity index is 1.74. The normalized spacial score (nSPS) is 10.9. The third-order valence-electron chi connectivity index (χ3n) is 3.34. The summed E-state index contributed by atoms with van der Waals surface area (Å²) in [5.74, 6) is 0. The number of rotatable bonds is 4. The lowest BCUT2D eigenvalue weighted by atomic mass is 10.2. The van der Waals surface area contributed by atoms with Gasteiger partial charge in [-0.2, -0.15) is 0 Å². The van der Waals surface area contributed by atoms with Crippen molar-refractivity contribution in [1.29, 1.82) is 0 Å². The molecule has 5 heteroatoms. The highest BCUT2D eigenvalue weighted by Crippen LogP contribution is 2.03. The molecule has 5 nitrogen and oxygen atoms in total. The highest BCUT2D eigenvalue weighted by Gasteiger charge is 2.03. The number of fused-ring (bicyclic) bond motifs is 1. The van der Waals surface area contributed by atoms with E-state index in [1.807, 2.05) is 37.3 Å². The minimum atomic E-state index is -0.0635. The molecule has 0 aliphatic carbocycles. The Bertz CT molecular complexity index is 826. The lowest BCUT2D eigenvalue weighted by Gasteiger charge is -2.07. The van der Waals surface area contributed by atoms with E-state index in [0.29, 0.717) is 18.7 Å². The quantitative estimate of drug-likeness (QED) is 0.790. The highest BCUT2D eigenvalue weighted by atomic mass is 16.1. The van der Waals surface area contributed by atoms with E-state index in [2.05, 4.69) is 15.3 Å². The first-order chi connectivity index (χ1) is 10.2. The molecule has 0 spiro atoms. The van der Waals surface area contributed by atoms with E-state index >= 15 is 0 Å². The summed E-state index contributed by atoms with van der Waals surface area (Å²) in [4.78, 5) is 20.8. The van der Waals surface area contributed by atoms with Crippen LogP contribution in [0.5, 0.6) is 0 Å². The number of pyridine rings is 2. The molecule has 3 heterocycles. The van der Waals surface area contributed by atoms with Crippen LogP contribution in [0.4, 0.5) is 0 Å². The fraction of sp³-hybridized carbons (Fsp3) is 0.188. The van der Waals surface area contributed by atoms with Gasteiger partial charge in [0, 0.05) is 31.5 Å². The monoisotopic (exact) mass is 280 g/mol. The number of aryl methyl sites for hydroxylation is 1. The molecule has 0 bridgehead atoms. The maximum Gasteiger partial charge on any atom is 0.258 e. The minimum Gasteiger partial charge on any atom is -0.305 e. The van der Waals surface area contributed by atoms with Gasteiger partial charge in [-0.15, -0.1) is 0 Å². The largest absolute Gasteiger partial charge is 0.305 e. The molecule has 0 aliphatic rings. The molecule has 0 saturated carbocycles. The van der Waals surface area contributed by atoms with Crippen molar-refractivity contribution in [3.8, 4) is 0 Å². The molecule has 106 valence electrons. The SMILES string of the molecule is Cc1cccnc1CNCc1cc(=O)n2ccccc2n1. The third-order valence-corrected chi connectivity index (χ3v) is 3.34. The Morgan fingerprint density at radius 1 is 1.19 bits per heavy atom. The van der Waals surface area contributed by atoms with Crippen LogP contribution in [0.3, 0.4) is 0 Å². The van der Waals surface area contributed by atoms with Crippen molar-refractivity contribution in [3.05, 3.63) is 76.1 Å². The van der Waals surface area contributed by atoms with E-state index in [9.17, 15) is 4.79 Å². The van der Waals surface area contributed by atoms with Crippen molar-refractivity contribution in [2.75, 3.05) is 0 Å². The van der Waals surface area contributed by atoms with Crippen LogP contribution in [0.1, 0.15) is 17.0 Å². The first-order valence-electron chi connectivity index (χ1n) is 6.82. The molecule has 0 saturated heterocycles. The van der Waals surface area contributed by atoms with Gasteiger partial charge in [0.05, 0.1) is 11.4 Å². The van der Waals surface area contributed by atoms with Gasteiger partial charge in [0.1, 0.15) is 5.65 Å². The molecular formula is C16H16N4O. The first-order valence-corrected chi connectivity index (χ1v) is 6.82. The van der Waals surface area contributed by atoms with Crippen molar-refractivity contribution in [1.82, 2.24) is 19.7 Å². The van der Waals surface area contributed by atoms with Crippen molar-refractivity contribution < 1.29 is 0 Å². The van der Waals surface area contributed by atoms with Gasteiger partial charge in [-0.05, 0) is 30.7 Å². The van der Waals surface area contributed by atoms with Crippen LogP contribution in [0.15, 0.2) is 53.6 Å². The molecular weight excluding hydrogens is 264 g/mol. The van der Waals surface area contributed by atoms with Gasteiger partial charge in [0.25, 0.3) is 5.56 Å². The predicted octanol–water partition coefficient (Wildman–Crippen LogP) is 1.69. The van der Waals surface area contributed by atoms with Crippen molar-refractivity contribution in [2.24, 2.45) is 0 Å². The lowest BCUT2D eigenvalue weighted by molar-refractivity contribution is 0.663. The van der Waals surface area contributed by atoms with E-state index in [1.165, 1.54) is 4.40 Å². The molecule has 0 unspecified atom stereocenters. The lowest BCUT2D eigenvalue weighted by Crippen LogP contribution is -2.20. The van der Waals surface area contributed by atoms with E-state index in [-0.39, 0.29) is 5.56 Å². The van der Waals surface area contributed by atoms with Crippen molar-refractivity contribution in [2.45, 2.75) is 20.0 Å². The number of aromatic nitrogens is 3. The molecule has 3 aromatic rings. The van der Waals surface area contributed by atoms with E-state index < -0.39 is 0 Å². The number of nitrogens with zero attached hydrogens (tertiary/aromatic N) is 3. The molecule has 3 rings (SSSR count). The molecule has 0 amide bonds. The average molecular weight is 280 g/mol. The minimum absolute atomic E-state index is 0.0635. The summed E-state index contributed by atoms with van der Waals surface area (Å²) in [6, 6.07) is 11.0. The third kappa shape index (κ3) is 2.98. The van der Waals surface area contributed by atoms with Crippen molar-refractivity contribution >= 4 is 5.65 Å². The molecule has 21 heavy (non-hydrogen) atoms. The van der Waals surface area contributed by atoms with Gasteiger partial charge in [-0.1, -0.05) is 12.1 Å². The topological polar surface area (TPSA) is 59.3 Å². The Hall–Kier alpha value is -2.53. The zero-order valence-electron chi connectivity index (χ0n) is 11.8. The summed E-state index contributed by atoms with van der Waals surface area (Å²) in [7, 11) is 0. The van der Waals surface area contributed by atoms with E-state index in [1.54, 1.807) is 18.5 Å². The first kappa shape index (κ1) is 13.5. The van der Waals surface area contributed by atoms with Crippen LogP contribution in [-0.4, -0.2) is 14.4 Å². The fourth-order valence-electron chi connectivity index (χ4n) is 2.21. The number of hydrogen-bond acceptors (Lipinski definition) is 4. The molecule has 1 N–H and O–H groups in total. The standard InChI is InChI=1S/C16H16N4O/c1-12-5-4-7-18-14(12)11-17-10-13-9-16(21)20-8-3-2-6-15(20)19-13/h2-9,17H,10-11H2,1H3. The molecule has 0 fully saturated rings. The van der Waals surface area contributed by atoms with Crippen LogP contribution in [0.25, 0.3) is 5.65 Å². The second-order valence-electron chi connectivity index (χ2n) is 4.89. The summed E-state index contributed by atoms with van der Waals surface area (Å²) in [5.41, 5.74) is 3.49. The van der Waals surface area contributed by atoms with Crippen LogP contribution >= 0.6 is 0 Å². The maximum atomic E-state index is 12.0. The van der Waals surface area contributed by atoms with Crippen LogP contribution in [-0.2, 0) is 13.1 Å². The second-order valence-corrected chi connectivity index (χ2v) is 4.89. The summed E-state index contributed by atoms with van der Waals surface area (Å²) in [6.07, 6.45) is 3.50. The summed E-state index contributed by atoms with van der Waals surface area (Å²) >= 11 is 0. The predicted molar refractivity (Wildman–Crippen MR) is 81.0 cm³/mol. The Morgan fingerprint density at radius 2 is 2.10 bits per heavy atom. The van der Waals surface area contributed by atoms with Gasteiger partial charge >= 0.3 is 0 Å². The zero-order chi connectivity index (χ0) is 14.7. The van der Waals surface area contributed by atoms with Crippen LogP contribution in [0, 0.1) is 6.92 Å². The van der Waals surface area contributed by atoms with E-state index in [4.69, 9.17) is 0 Å². The zero-order valence-corrected chi connectivity index (χ0v) is 11.8. The Kier molecular flexibility index (Phi) is 3.75. The van der Waals surface area contributed by atoms with Gasteiger partial charge in [0.15, 0.2) is 0 Å². The van der Waals surface area contributed by atoms with Gasteiger partial charge in [-0.25, -0.2) is 4.98 Å². The Morgan fingerprint density at radius 3 is 2.95 bits per heavy atom. The van der Waals surface area contributed by atoms with Gasteiger partial charge in [-0.3, -0.25) is 14.2 Å². The van der Waals surface area contributed by atoms with Crippen LogP contribution < -0.4 is 10.9 Å².